The minimum absolute atomic E-state index is 0.0500. The van der Waals surface area contributed by atoms with Crippen LogP contribution in [0.5, 0.6) is 0 Å². The average molecular weight is 489 g/mol. The zero-order valence-corrected chi connectivity index (χ0v) is 18.3. The highest BCUT2D eigenvalue weighted by molar-refractivity contribution is 9.11. The number of thiophene rings is 2. The summed E-state index contributed by atoms with van der Waals surface area (Å²) in [6, 6.07) is 7.62. The van der Waals surface area contributed by atoms with Gasteiger partial charge in [-0.1, -0.05) is 29.2 Å². The molecule has 0 aromatic carbocycles. The van der Waals surface area contributed by atoms with Crippen molar-refractivity contribution in [3.8, 4) is 0 Å². The first-order chi connectivity index (χ1) is 12.5. The van der Waals surface area contributed by atoms with Gasteiger partial charge in [-0.05, 0) is 39.5 Å². The predicted molar refractivity (Wildman–Crippen MR) is 111 cm³/mol. The maximum absolute atomic E-state index is 12.3. The highest BCUT2D eigenvalue weighted by Gasteiger charge is 2.17. The molecule has 0 fully saturated rings. The molecule has 0 aliphatic rings. The Balaban J connectivity index is 1.49. The number of rotatable bonds is 7. The van der Waals surface area contributed by atoms with Crippen LogP contribution < -0.4 is 5.32 Å². The standard InChI is InChI=1S/C15H13BrN4O2S4/c1-20(13(22)10-4-5-11(16)25-10)7-12(21)17-14-18-19-15(26-14)24-8-9-3-2-6-23-9/h2-6H,7-8H2,1H3,(H,17,18,21). The number of hydrogen-bond donors (Lipinski definition) is 1. The number of nitrogens with one attached hydrogen (secondary N) is 1. The second-order valence-corrected chi connectivity index (χ2v) is 10.7. The molecular formula is C15H13BrN4O2S4. The Morgan fingerprint density at radius 2 is 2.12 bits per heavy atom. The molecule has 3 aromatic heterocycles. The van der Waals surface area contributed by atoms with Crippen LogP contribution in [-0.2, 0) is 10.5 Å². The van der Waals surface area contributed by atoms with Gasteiger partial charge in [0.25, 0.3) is 5.91 Å². The number of nitrogens with zero attached hydrogens (tertiary/aromatic N) is 3. The number of carbonyl (C=O) groups excluding carboxylic acids is 2. The fraction of sp³-hybridized carbons (Fsp3) is 0.200. The van der Waals surface area contributed by atoms with Crippen LogP contribution in [0.1, 0.15) is 14.5 Å². The van der Waals surface area contributed by atoms with E-state index < -0.39 is 0 Å². The zero-order valence-electron chi connectivity index (χ0n) is 13.5. The van der Waals surface area contributed by atoms with Gasteiger partial charge in [-0.3, -0.25) is 14.9 Å². The summed E-state index contributed by atoms with van der Waals surface area (Å²) in [5, 5.41) is 13.2. The van der Waals surface area contributed by atoms with Crippen molar-refractivity contribution in [2.45, 2.75) is 10.1 Å². The van der Waals surface area contributed by atoms with Gasteiger partial charge in [0, 0.05) is 17.7 Å². The Kier molecular flexibility index (Phi) is 6.81. The molecule has 0 saturated heterocycles. The van der Waals surface area contributed by atoms with E-state index in [9.17, 15) is 9.59 Å². The topological polar surface area (TPSA) is 75.2 Å². The number of anilines is 1. The molecule has 0 aliphatic heterocycles. The molecule has 0 unspecified atom stereocenters. The van der Waals surface area contributed by atoms with Crippen LogP contribution in [0.2, 0.25) is 0 Å². The van der Waals surface area contributed by atoms with Crippen molar-refractivity contribution >= 4 is 78.6 Å². The first-order valence-electron chi connectivity index (χ1n) is 7.30. The minimum atomic E-state index is -0.303. The largest absolute Gasteiger partial charge is 0.332 e. The molecule has 0 saturated carbocycles. The SMILES string of the molecule is CN(CC(=O)Nc1nnc(SCc2cccs2)s1)C(=O)c1ccc(Br)s1. The van der Waals surface area contributed by atoms with Crippen LogP contribution in [0.4, 0.5) is 5.13 Å². The molecular weight excluding hydrogens is 476 g/mol. The number of halogens is 1. The Hall–Kier alpha value is -1.27. The number of hydrogen-bond acceptors (Lipinski definition) is 8. The normalized spacial score (nSPS) is 10.7. The van der Waals surface area contributed by atoms with Gasteiger partial charge in [0.05, 0.1) is 15.2 Å². The lowest BCUT2D eigenvalue weighted by molar-refractivity contribution is -0.116. The van der Waals surface area contributed by atoms with E-state index in [1.807, 2.05) is 17.5 Å². The molecule has 136 valence electrons. The van der Waals surface area contributed by atoms with Crippen molar-refractivity contribution in [2.75, 3.05) is 18.9 Å². The molecule has 0 atom stereocenters. The fourth-order valence-corrected chi connectivity index (χ4v) is 5.83. The Bertz CT molecular complexity index is 893. The van der Waals surface area contributed by atoms with Crippen LogP contribution in [-0.4, -0.2) is 40.5 Å². The van der Waals surface area contributed by atoms with Gasteiger partial charge in [0.2, 0.25) is 11.0 Å². The summed E-state index contributed by atoms with van der Waals surface area (Å²) < 4.78 is 1.67. The van der Waals surface area contributed by atoms with Crippen LogP contribution in [0.3, 0.4) is 0 Å². The number of carbonyl (C=O) groups is 2. The number of amides is 2. The monoisotopic (exact) mass is 488 g/mol. The van der Waals surface area contributed by atoms with Crippen LogP contribution in [0, 0.1) is 0 Å². The number of thioether (sulfide) groups is 1. The molecule has 3 aromatic rings. The van der Waals surface area contributed by atoms with Crippen molar-refractivity contribution in [3.63, 3.8) is 0 Å². The van der Waals surface area contributed by atoms with Gasteiger partial charge in [-0.2, -0.15) is 0 Å². The van der Waals surface area contributed by atoms with Gasteiger partial charge in [0.15, 0.2) is 4.34 Å². The highest BCUT2D eigenvalue weighted by Crippen LogP contribution is 2.29. The third-order valence-electron chi connectivity index (χ3n) is 3.08. The van der Waals surface area contributed by atoms with Crippen LogP contribution in [0.25, 0.3) is 0 Å². The molecule has 3 rings (SSSR count). The molecule has 6 nitrogen and oxygen atoms in total. The summed E-state index contributed by atoms with van der Waals surface area (Å²) in [5.74, 6) is 0.330. The van der Waals surface area contributed by atoms with E-state index in [1.54, 1.807) is 36.2 Å². The second-order valence-electron chi connectivity index (χ2n) is 5.05. The second kappa shape index (κ2) is 9.09. The Labute approximate surface area is 174 Å². The number of aromatic nitrogens is 2. The summed E-state index contributed by atoms with van der Waals surface area (Å²) in [5.41, 5.74) is 0. The lowest BCUT2D eigenvalue weighted by Gasteiger charge is -2.14. The molecule has 0 bridgehead atoms. The number of likely N-dealkylation sites (N-methyl/N-ethyl adjacent to an activating group) is 1. The van der Waals surface area contributed by atoms with Crippen LogP contribution >= 0.6 is 61.7 Å². The third kappa shape index (κ3) is 5.36. The molecule has 2 amide bonds. The summed E-state index contributed by atoms with van der Waals surface area (Å²) in [4.78, 5) is 27.6. The maximum Gasteiger partial charge on any atom is 0.264 e. The summed E-state index contributed by atoms with van der Waals surface area (Å²) in [7, 11) is 1.60. The minimum Gasteiger partial charge on any atom is -0.332 e. The van der Waals surface area contributed by atoms with Crippen molar-refractivity contribution < 1.29 is 9.59 Å². The lowest BCUT2D eigenvalue weighted by atomic mass is 10.4. The van der Waals surface area contributed by atoms with Gasteiger partial charge >= 0.3 is 0 Å². The zero-order chi connectivity index (χ0) is 18.5. The van der Waals surface area contributed by atoms with E-state index >= 15 is 0 Å². The maximum atomic E-state index is 12.3. The van der Waals surface area contributed by atoms with Crippen molar-refractivity contribution in [1.82, 2.24) is 15.1 Å². The van der Waals surface area contributed by atoms with Gasteiger partial charge < -0.3 is 4.90 Å². The lowest BCUT2D eigenvalue weighted by Crippen LogP contribution is -2.34. The van der Waals surface area contributed by atoms with Crippen molar-refractivity contribution in [3.05, 3.63) is 43.2 Å². The van der Waals surface area contributed by atoms with E-state index in [1.165, 1.54) is 32.5 Å². The first kappa shape index (κ1) is 19.5. The fourth-order valence-electron chi connectivity index (χ4n) is 1.91. The average Bonchev–Trinajstić information content (AvgIpc) is 3.34. The van der Waals surface area contributed by atoms with E-state index in [4.69, 9.17) is 0 Å². The molecule has 0 spiro atoms. The molecule has 11 heteroatoms. The summed E-state index contributed by atoms with van der Waals surface area (Å²) in [6.07, 6.45) is 0. The van der Waals surface area contributed by atoms with Crippen LogP contribution in [0.15, 0.2) is 37.8 Å². The van der Waals surface area contributed by atoms with Gasteiger partial charge in [-0.15, -0.1) is 32.9 Å². The quantitative estimate of drug-likeness (QED) is 0.393. The first-order valence-corrected chi connectivity index (χ1v) is 11.6. The molecule has 1 N–H and O–H groups in total. The highest BCUT2D eigenvalue weighted by atomic mass is 79.9. The van der Waals surface area contributed by atoms with E-state index in [2.05, 4.69) is 37.5 Å². The molecule has 26 heavy (non-hydrogen) atoms. The summed E-state index contributed by atoms with van der Waals surface area (Å²) in [6.45, 7) is -0.0500. The third-order valence-corrected chi connectivity index (χ3v) is 7.77. The predicted octanol–water partition coefficient (Wildman–Crippen LogP) is 4.43. The van der Waals surface area contributed by atoms with Gasteiger partial charge in [-0.25, -0.2) is 0 Å². The molecule has 3 heterocycles. The molecule has 0 radical (unpaired) electrons. The van der Waals surface area contributed by atoms with Crippen molar-refractivity contribution in [1.29, 1.82) is 0 Å². The molecule has 0 aliphatic carbocycles. The van der Waals surface area contributed by atoms with E-state index in [0.29, 0.717) is 10.0 Å². The smallest absolute Gasteiger partial charge is 0.264 e. The summed E-state index contributed by atoms with van der Waals surface area (Å²) >= 11 is 9.26. The Morgan fingerprint density at radius 3 is 2.81 bits per heavy atom. The van der Waals surface area contributed by atoms with E-state index in [0.717, 1.165) is 13.9 Å². The van der Waals surface area contributed by atoms with Crippen molar-refractivity contribution in [2.24, 2.45) is 0 Å². The van der Waals surface area contributed by atoms with Gasteiger partial charge in [0.1, 0.15) is 0 Å². The Morgan fingerprint density at radius 1 is 1.27 bits per heavy atom. The van der Waals surface area contributed by atoms with E-state index in [-0.39, 0.29) is 18.4 Å².